The Morgan fingerprint density at radius 2 is 1.80 bits per heavy atom. The number of rotatable bonds is 6. The summed E-state index contributed by atoms with van der Waals surface area (Å²) in [5.74, 6) is 0.761. The van der Waals surface area contributed by atoms with Crippen molar-refractivity contribution >= 4 is 20.9 Å². The SMILES string of the molecule is O=S(=O)(c1cccc2cccnc12)N1CC(n2cc(COc3ccccc3)nn2)C1. The second-order valence-corrected chi connectivity index (χ2v) is 9.01. The van der Waals surface area contributed by atoms with Gasteiger partial charge in [-0.25, -0.2) is 13.1 Å². The van der Waals surface area contributed by atoms with Crippen molar-refractivity contribution < 1.29 is 13.2 Å². The van der Waals surface area contributed by atoms with Crippen LogP contribution in [0.25, 0.3) is 10.9 Å². The Hall–Kier alpha value is -3.30. The van der Waals surface area contributed by atoms with Crippen LogP contribution in [-0.2, 0) is 16.6 Å². The molecule has 2 aromatic carbocycles. The van der Waals surface area contributed by atoms with Gasteiger partial charge in [0.1, 0.15) is 22.9 Å². The third-order valence-electron chi connectivity index (χ3n) is 5.10. The van der Waals surface area contributed by atoms with E-state index < -0.39 is 10.0 Å². The fraction of sp³-hybridized carbons (Fsp3) is 0.190. The summed E-state index contributed by atoms with van der Waals surface area (Å²) >= 11 is 0. The van der Waals surface area contributed by atoms with Crippen LogP contribution in [0.4, 0.5) is 0 Å². The third-order valence-corrected chi connectivity index (χ3v) is 6.97. The Kier molecular flexibility index (Phi) is 4.68. The average molecular weight is 421 g/mol. The second kappa shape index (κ2) is 7.51. The summed E-state index contributed by atoms with van der Waals surface area (Å²) in [5, 5.41) is 9.07. The number of benzene rings is 2. The van der Waals surface area contributed by atoms with Crippen LogP contribution in [-0.4, -0.2) is 45.8 Å². The molecule has 9 heteroatoms. The van der Waals surface area contributed by atoms with Gasteiger partial charge in [0.25, 0.3) is 0 Å². The fourth-order valence-corrected chi connectivity index (χ4v) is 5.12. The number of pyridine rings is 1. The second-order valence-electron chi connectivity index (χ2n) is 7.10. The Balaban J connectivity index is 1.26. The molecular weight excluding hydrogens is 402 g/mol. The van der Waals surface area contributed by atoms with Crippen LogP contribution in [0, 0.1) is 0 Å². The number of para-hydroxylation sites is 2. The van der Waals surface area contributed by atoms with Crippen LogP contribution >= 0.6 is 0 Å². The standard InChI is InChI=1S/C21H19N5O3S/c27-30(28,20-10-4-6-16-7-5-11-22-21(16)20)25-13-18(14-25)26-12-17(23-24-26)15-29-19-8-2-1-3-9-19/h1-12,18H,13-15H2. The van der Waals surface area contributed by atoms with E-state index >= 15 is 0 Å². The van der Waals surface area contributed by atoms with Crippen LogP contribution < -0.4 is 4.74 Å². The number of hydrogen-bond donors (Lipinski definition) is 0. The van der Waals surface area contributed by atoms with E-state index in [4.69, 9.17) is 4.74 Å². The lowest BCUT2D eigenvalue weighted by molar-refractivity contribution is 0.189. The van der Waals surface area contributed by atoms with Gasteiger partial charge in [-0.3, -0.25) is 4.98 Å². The molecule has 4 aromatic rings. The highest BCUT2D eigenvalue weighted by Gasteiger charge is 2.39. The molecule has 152 valence electrons. The molecule has 1 fully saturated rings. The van der Waals surface area contributed by atoms with Crippen LogP contribution in [0.1, 0.15) is 11.7 Å². The Morgan fingerprint density at radius 1 is 1.00 bits per heavy atom. The van der Waals surface area contributed by atoms with Gasteiger partial charge in [-0.05, 0) is 24.3 Å². The molecule has 30 heavy (non-hydrogen) atoms. The predicted octanol–water partition coefficient (Wildman–Crippen LogP) is 2.65. The first kappa shape index (κ1) is 18.7. The van der Waals surface area contributed by atoms with E-state index in [1.165, 1.54) is 4.31 Å². The smallest absolute Gasteiger partial charge is 0.245 e. The quantitative estimate of drug-likeness (QED) is 0.475. The van der Waals surface area contributed by atoms with E-state index in [9.17, 15) is 8.42 Å². The van der Waals surface area contributed by atoms with Gasteiger partial charge >= 0.3 is 0 Å². The molecule has 0 saturated carbocycles. The highest BCUT2D eigenvalue weighted by atomic mass is 32.2. The molecule has 5 rings (SSSR count). The Morgan fingerprint density at radius 3 is 2.63 bits per heavy atom. The van der Waals surface area contributed by atoms with Gasteiger partial charge in [0.2, 0.25) is 10.0 Å². The lowest BCUT2D eigenvalue weighted by Gasteiger charge is -2.37. The molecule has 0 spiro atoms. The van der Waals surface area contributed by atoms with Gasteiger partial charge in [0.05, 0.1) is 17.8 Å². The van der Waals surface area contributed by atoms with Crippen LogP contribution in [0.3, 0.4) is 0 Å². The third kappa shape index (κ3) is 3.42. The predicted molar refractivity (Wildman–Crippen MR) is 110 cm³/mol. The zero-order valence-corrected chi connectivity index (χ0v) is 16.8. The van der Waals surface area contributed by atoms with Crippen molar-refractivity contribution in [1.29, 1.82) is 0 Å². The van der Waals surface area contributed by atoms with Gasteiger partial charge < -0.3 is 4.74 Å². The molecule has 0 aliphatic carbocycles. The lowest BCUT2D eigenvalue weighted by Crippen LogP contribution is -2.50. The zero-order chi connectivity index (χ0) is 20.6. The van der Waals surface area contributed by atoms with E-state index in [0.29, 0.717) is 30.9 Å². The average Bonchev–Trinajstić information content (AvgIpc) is 3.20. The van der Waals surface area contributed by atoms with Gasteiger partial charge in [-0.1, -0.05) is 41.6 Å². The van der Waals surface area contributed by atoms with Crippen LogP contribution in [0.2, 0.25) is 0 Å². The molecule has 2 aromatic heterocycles. The summed E-state index contributed by atoms with van der Waals surface area (Å²) in [6.45, 7) is 0.988. The molecule has 8 nitrogen and oxygen atoms in total. The van der Waals surface area contributed by atoms with Gasteiger partial charge in [-0.15, -0.1) is 5.10 Å². The highest BCUT2D eigenvalue weighted by Crippen LogP contribution is 2.30. The van der Waals surface area contributed by atoms with Crippen molar-refractivity contribution in [2.24, 2.45) is 0 Å². The van der Waals surface area contributed by atoms with E-state index in [2.05, 4.69) is 15.3 Å². The number of fused-ring (bicyclic) bond motifs is 1. The molecule has 1 aliphatic rings. The molecule has 1 aliphatic heterocycles. The number of ether oxygens (including phenoxy) is 1. The molecule has 0 atom stereocenters. The Bertz CT molecular complexity index is 1280. The highest BCUT2D eigenvalue weighted by molar-refractivity contribution is 7.89. The number of aromatic nitrogens is 4. The minimum atomic E-state index is -3.62. The summed E-state index contributed by atoms with van der Waals surface area (Å²) in [6.07, 6.45) is 3.41. The first-order chi connectivity index (χ1) is 14.6. The van der Waals surface area contributed by atoms with Crippen molar-refractivity contribution in [1.82, 2.24) is 24.3 Å². The minimum Gasteiger partial charge on any atom is -0.487 e. The molecule has 0 amide bonds. The van der Waals surface area contributed by atoms with Gasteiger partial charge in [0, 0.05) is 24.7 Å². The first-order valence-corrected chi connectivity index (χ1v) is 11.0. The zero-order valence-electron chi connectivity index (χ0n) is 16.0. The number of nitrogens with zero attached hydrogens (tertiary/aromatic N) is 5. The van der Waals surface area contributed by atoms with Crippen molar-refractivity contribution in [3.05, 3.63) is 78.8 Å². The van der Waals surface area contributed by atoms with E-state index in [-0.39, 0.29) is 10.9 Å². The maximum Gasteiger partial charge on any atom is 0.245 e. The summed E-state index contributed by atoms with van der Waals surface area (Å²) in [6, 6.07) is 18.3. The number of hydrogen-bond acceptors (Lipinski definition) is 6. The minimum absolute atomic E-state index is 0.0549. The van der Waals surface area contributed by atoms with Crippen LogP contribution in [0.5, 0.6) is 5.75 Å². The molecule has 0 unspecified atom stereocenters. The summed E-state index contributed by atoms with van der Waals surface area (Å²) in [4.78, 5) is 4.50. The summed E-state index contributed by atoms with van der Waals surface area (Å²) < 4.78 is 35.0. The lowest BCUT2D eigenvalue weighted by atomic mass is 10.2. The molecule has 3 heterocycles. The van der Waals surface area contributed by atoms with Crippen molar-refractivity contribution in [2.45, 2.75) is 17.5 Å². The summed E-state index contributed by atoms with van der Waals surface area (Å²) in [7, 11) is -3.62. The molecule has 0 bridgehead atoms. The molecule has 1 saturated heterocycles. The van der Waals surface area contributed by atoms with E-state index in [1.807, 2.05) is 42.5 Å². The van der Waals surface area contributed by atoms with Crippen molar-refractivity contribution in [3.63, 3.8) is 0 Å². The van der Waals surface area contributed by atoms with Crippen LogP contribution in [0.15, 0.2) is 78.0 Å². The maximum atomic E-state index is 13.1. The normalized spacial score (nSPS) is 15.2. The number of sulfonamides is 1. The topological polar surface area (TPSA) is 90.2 Å². The van der Waals surface area contributed by atoms with Gasteiger partial charge in [-0.2, -0.15) is 4.31 Å². The monoisotopic (exact) mass is 421 g/mol. The Labute approximate surface area is 173 Å². The summed E-state index contributed by atoms with van der Waals surface area (Å²) in [5.41, 5.74) is 1.18. The molecule has 0 radical (unpaired) electrons. The fourth-order valence-electron chi connectivity index (χ4n) is 3.44. The largest absolute Gasteiger partial charge is 0.487 e. The molecular formula is C21H19N5O3S. The first-order valence-electron chi connectivity index (χ1n) is 9.54. The molecule has 0 N–H and O–H groups in total. The van der Waals surface area contributed by atoms with E-state index in [1.54, 1.807) is 35.3 Å². The van der Waals surface area contributed by atoms with Crippen molar-refractivity contribution in [3.8, 4) is 5.75 Å². The van der Waals surface area contributed by atoms with Crippen molar-refractivity contribution in [2.75, 3.05) is 13.1 Å². The van der Waals surface area contributed by atoms with E-state index in [0.717, 1.165) is 11.1 Å². The van der Waals surface area contributed by atoms with Gasteiger partial charge in [0.15, 0.2) is 0 Å². The maximum absolute atomic E-state index is 13.1.